The van der Waals surface area contributed by atoms with Gasteiger partial charge < -0.3 is 15.1 Å². The zero-order chi connectivity index (χ0) is 23.3. The van der Waals surface area contributed by atoms with E-state index in [9.17, 15) is 4.79 Å². The van der Waals surface area contributed by atoms with Gasteiger partial charge in [0, 0.05) is 56.3 Å². The number of carbonyl (C=O) groups is 1. The summed E-state index contributed by atoms with van der Waals surface area (Å²) in [6, 6.07) is 8.91. The number of nitrogens with zero attached hydrogens (tertiary/aromatic N) is 4. The molecule has 0 saturated carbocycles. The molecule has 0 spiro atoms. The van der Waals surface area contributed by atoms with Crippen LogP contribution in [-0.4, -0.2) is 53.1 Å². The molecule has 0 atom stereocenters. The first kappa shape index (κ1) is 24.0. The van der Waals surface area contributed by atoms with Crippen LogP contribution in [0.15, 0.2) is 24.3 Å². The Morgan fingerprint density at radius 3 is 2.25 bits per heavy atom. The van der Waals surface area contributed by atoms with Gasteiger partial charge in [-0.3, -0.25) is 0 Å². The monoisotopic (exact) mass is 437 g/mol. The maximum atomic E-state index is 12.4. The zero-order valence-electron chi connectivity index (χ0n) is 20.6. The van der Waals surface area contributed by atoms with Gasteiger partial charge in [0.15, 0.2) is 0 Å². The third-order valence-electron chi connectivity index (χ3n) is 5.82. The van der Waals surface area contributed by atoms with Crippen molar-refractivity contribution < 1.29 is 4.79 Å². The number of aryl methyl sites for hydroxylation is 2. The van der Waals surface area contributed by atoms with Crippen LogP contribution < -0.4 is 10.2 Å². The van der Waals surface area contributed by atoms with Crippen molar-refractivity contribution in [2.75, 3.05) is 31.1 Å². The summed E-state index contributed by atoms with van der Waals surface area (Å²) in [6.07, 6.45) is 2.59. The van der Waals surface area contributed by atoms with Gasteiger partial charge in [-0.1, -0.05) is 50.6 Å². The van der Waals surface area contributed by atoms with Crippen molar-refractivity contribution in [3.8, 4) is 0 Å². The van der Waals surface area contributed by atoms with Crippen LogP contribution in [0, 0.1) is 12.8 Å². The minimum atomic E-state index is 0.0250. The molecule has 1 aromatic carbocycles. The Kier molecular flexibility index (Phi) is 8.10. The molecule has 2 heterocycles. The van der Waals surface area contributed by atoms with E-state index in [0.29, 0.717) is 19.0 Å². The van der Waals surface area contributed by atoms with Crippen LogP contribution in [0.4, 0.5) is 10.6 Å². The summed E-state index contributed by atoms with van der Waals surface area (Å²) in [6.45, 7) is 15.7. The molecular weight excluding hydrogens is 398 g/mol. The predicted molar refractivity (Wildman–Crippen MR) is 131 cm³/mol. The van der Waals surface area contributed by atoms with Gasteiger partial charge in [0.2, 0.25) is 0 Å². The predicted octanol–water partition coefficient (Wildman–Crippen LogP) is 4.38. The topological polar surface area (TPSA) is 61.4 Å². The second-order valence-electron chi connectivity index (χ2n) is 9.58. The van der Waals surface area contributed by atoms with E-state index >= 15 is 0 Å². The smallest absolute Gasteiger partial charge is 0.317 e. The van der Waals surface area contributed by atoms with Crippen molar-refractivity contribution in [2.45, 2.75) is 66.8 Å². The first-order valence-electron chi connectivity index (χ1n) is 12.0. The Labute approximate surface area is 193 Å². The van der Waals surface area contributed by atoms with E-state index in [4.69, 9.17) is 9.97 Å². The van der Waals surface area contributed by atoms with E-state index in [1.807, 2.05) is 18.7 Å². The summed E-state index contributed by atoms with van der Waals surface area (Å²) >= 11 is 0. The molecule has 0 radical (unpaired) electrons. The Morgan fingerprint density at radius 2 is 1.69 bits per heavy atom. The van der Waals surface area contributed by atoms with Crippen molar-refractivity contribution in [3.05, 3.63) is 52.5 Å². The fourth-order valence-electron chi connectivity index (χ4n) is 4.13. The Bertz CT molecular complexity index is 899. The van der Waals surface area contributed by atoms with Crippen molar-refractivity contribution in [1.82, 2.24) is 20.2 Å². The fourth-order valence-corrected chi connectivity index (χ4v) is 4.13. The van der Waals surface area contributed by atoms with E-state index in [0.717, 1.165) is 49.7 Å². The highest BCUT2D eigenvalue weighted by molar-refractivity contribution is 5.74. The molecule has 1 N–H and O–H groups in total. The number of nitrogens with one attached hydrogen (secondary N) is 1. The molecule has 1 aliphatic heterocycles. The number of benzene rings is 1. The van der Waals surface area contributed by atoms with Crippen molar-refractivity contribution in [3.63, 3.8) is 0 Å². The molecule has 0 unspecified atom stereocenters. The summed E-state index contributed by atoms with van der Waals surface area (Å²) in [4.78, 5) is 26.7. The highest BCUT2D eigenvalue weighted by Gasteiger charge is 2.26. The minimum absolute atomic E-state index is 0.0250. The number of hydrogen-bond donors (Lipinski definition) is 1. The maximum Gasteiger partial charge on any atom is 0.317 e. The van der Waals surface area contributed by atoms with E-state index < -0.39 is 0 Å². The highest BCUT2D eigenvalue weighted by atomic mass is 16.2. The first-order valence-corrected chi connectivity index (χ1v) is 12.0. The van der Waals surface area contributed by atoms with Crippen LogP contribution in [0.3, 0.4) is 0 Å². The molecule has 0 aliphatic carbocycles. The third kappa shape index (κ3) is 6.21. The normalized spacial score (nSPS) is 14.4. The van der Waals surface area contributed by atoms with Crippen LogP contribution in [0.25, 0.3) is 0 Å². The van der Waals surface area contributed by atoms with Gasteiger partial charge in [0.05, 0.1) is 0 Å². The summed E-state index contributed by atoms with van der Waals surface area (Å²) in [5, 5.41) is 3.01. The van der Waals surface area contributed by atoms with Gasteiger partial charge in [0.1, 0.15) is 11.6 Å². The Balaban J connectivity index is 1.89. The molecule has 1 saturated heterocycles. The maximum absolute atomic E-state index is 12.4. The van der Waals surface area contributed by atoms with Gasteiger partial charge in [-0.05, 0) is 38.7 Å². The van der Waals surface area contributed by atoms with Crippen molar-refractivity contribution in [2.24, 2.45) is 5.92 Å². The third-order valence-corrected chi connectivity index (χ3v) is 5.82. The SMILES string of the molecule is CCc1nc(CC(C)C)nc(N2CCN(C(=O)NC(C)C)CC2)c1Cc1ccc(C)cc1. The molecule has 6 nitrogen and oxygen atoms in total. The molecule has 0 bridgehead atoms. The average molecular weight is 438 g/mol. The lowest BCUT2D eigenvalue weighted by Gasteiger charge is -2.37. The molecule has 1 fully saturated rings. The van der Waals surface area contributed by atoms with Crippen LogP contribution in [0.2, 0.25) is 0 Å². The van der Waals surface area contributed by atoms with E-state index in [1.165, 1.54) is 16.7 Å². The molecule has 32 heavy (non-hydrogen) atoms. The second-order valence-corrected chi connectivity index (χ2v) is 9.58. The molecule has 1 aliphatic rings. The number of piperazine rings is 1. The summed E-state index contributed by atoms with van der Waals surface area (Å²) in [5.74, 6) is 2.49. The lowest BCUT2D eigenvalue weighted by atomic mass is 10.00. The molecule has 174 valence electrons. The highest BCUT2D eigenvalue weighted by Crippen LogP contribution is 2.27. The standard InChI is InChI=1S/C26H39N5O/c1-7-23-22(17-21-10-8-20(6)9-11-21)25(29-24(28-23)16-18(2)3)30-12-14-31(15-13-30)26(32)27-19(4)5/h8-11,18-19H,7,12-17H2,1-6H3,(H,27,32). The van der Waals surface area contributed by atoms with Crippen LogP contribution in [-0.2, 0) is 19.3 Å². The summed E-state index contributed by atoms with van der Waals surface area (Å²) in [7, 11) is 0. The first-order chi connectivity index (χ1) is 15.3. The molecule has 1 aromatic heterocycles. The van der Waals surface area contributed by atoms with Gasteiger partial charge in [-0.2, -0.15) is 0 Å². The molecular formula is C26H39N5O. The number of amides is 2. The largest absolute Gasteiger partial charge is 0.353 e. The second kappa shape index (κ2) is 10.8. The number of aromatic nitrogens is 2. The number of anilines is 1. The van der Waals surface area contributed by atoms with Gasteiger partial charge in [-0.15, -0.1) is 0 Å². The number of hydrogen-bond acceptors (Lipinski definition) is 4. The number of carbonyl (C=O) groups excluding carboxylic acids is 1. The van der Waals surface area contributed by atoms with Crippen LogP contribution in [0.5, 0.6) is 0 Å². The van der Waals surface area contributed by atoms with E-state index in [2.05, 4.69) is 62.2 Å². The lowest BCUT2D eigenvalue weighted by molar-refractivity contribution is 0.191. The van der Waals surface area contributed by atoms with Gasteiger partial charge >= 0.3 is 6.03 Å². The Hall–Kier alpha value is -2.63. The lowest BCUT2D eigenvalue weighted by Crippen LogP contribution is -2.53. The number of urea groups is 1. The molecule has 2 aromatic rings. The van der Waals surface area contributed by atoms with Crippen molar-refractivity contribution in [1.29, 1.82) is 0 Å². The van der Waals surface area contributed by atoms with Crippen LogP contribution >= 0.6 is 0 Å². The summed E-state index contributed by atoms with van der Waals surface area (Å²) in [5.41, 5.74) is 4.92. The molecule has 2 amide bonds. The van der Waals surface area contributed by atoms with Gasteiger partial charge in [0.25, 0.3) is 0 Å². The van der Waals surface area contributed by atoms with Gasteiger partial charge in [-0.25, -0.2) is 14.8 Å². The molecule has 6 heteroatoms. The Morgan fingerprint density at radius 1 is 1.03 bits per heavy atom. The minimum Gasteiger partial charge on any atom is -0.353 e. The zero-order valence-corrected chi connectivity index (χ0v) is 20.6. The fraction of sp³-hybridized carbons (Fsp3) is 0.577. The van der Waals surface area contributed by atoms with Crippen LogP contribution in [0.1, 0.15) is 62.8 Å². The average Bonchev–Trinajstić information content (AvgIpc) is 2.75. The number of rotatable bonds is 7. The quantitative estimate of drug-likeness (QED) is 0.698. The summed E-state index contributed by atoms with van der Waals surface area (Å²) < 4.78 is 0. The van der Waals surface area contributed by atoms with E-state index in [-0.39, 0.29) is 12.1 Å². The van der Waals surface area contributed by atoms with Crippen molar-refractivity contribution >= 4 is 11.8 Å². The molecule has 3 rings (SSSR count). The van der Waals surface area contributed by atoms with E-state index in [1.54, 1.807) is 0 Å².